The molecule has 0 spiro atoms. The summed E-state index contributed by atoms with van der Waals surface area (Å²) in [4.78, 5) is 8.58. The molecule has 3 aromatic rings. The molecule has 1 unspecified atom stereocenters. The van der Waals surface area contributed by atoms with Gasteiger partial charge in [0.1, 0.15) is 24.0 Å². The molecule has 0 bridgehead atoms. The third-order valence-electron chi connectivity index (χ3n) is 3.46. The molecule has 2 aromatic carbocycles. The summed E-state index contributed by atoms with van der Waals surface area (Å²) < 4.78 is 5.90. The minimum absolute atomic E-state index is 0.0384. The van der Waals surface area contributed by atoms with Gasteiger partial charge in [-0.25, -0.2) is 9.97 Å². The van der Waals surface area contributed by atoms with Gasteiger partial charge in [-0.2, -0.15) is 0 Å². The Kier molecular flexibility index (Phi) is 4.19. The van der Waals surface area contributed by atoms with Crippen molar-refractivity contribution in [3.05, 3.63) is 60.4 Å². The summed E-state index contributed by atoms with van der Waals surface area (Å²) in [6.45, 7) is 4.78. The van der Waals surface area contributed by atoms with E-state index >= 15 is 0 Å². The first kappa shape index (κ1) is 14.3. The van der Waals surface area contributed by atoms with Gasteiger partial charge in [-0.3, -0.25) is 0 Å². The Morgan fingerprint density at radius 2 is 1.82 bits per heavy atom. The monoisotopic (exact) mass is 293 g/mol. The lowest BCUT2D eigenvalue weighted by Gasteiger charge is -2.16. The van der Waals surface area contributed by atoms with Crippen molar-refractivity contribution in [1.82, 2.24) is 9.97 Å². The minimum Gasteiger partial charge on any atom is -0.489 e. The van der Waals surface area contributed by atoms with Gasteiger partial charge in [0.05, 0.1) is 12.1 Å². The summed E-state index contributed by atoms with van der Waals surface area (Å²) in [7, 11) is 0. The van der Waals surface area contributed by atoms with Crippen LogP contribution in [0, 0.1) is 6.92 Å². The number of aryl methyl sites for hydroxylation is 1. The topological polar surface area (TPSA) is 47.0 Å². The van der Waals surface area contributed by atoms with Gasteiger partial charge >= 0.3 is 0 Å². The number of ether oxygens (including phenoxy) is 1. The molecule has 0 fully saturated rings. The van der Waals surface area contributed by atoms with Crippen molar-refractivity contribution >= 4 is 16.7 Å². The third-order valence-corrected chi connectivity index (χ3v) is 3.46. The number of fused-ring (bicyclic) bond motifs is 1. The zero-order chi connectivity index (χ0) is 15.4. The SMILES string of the molecule is Cc1ccc(OC(C)CNc2ncnc3ccccc23)cc1. The van der Waals surface area contributed by atoms with Crippen molar-refractivity contribution in [3.8, 4) is 5.75 Å². The van der Waals surface area contributed by atoms with Gasteiger partial charge in [0, 0.05) is 5.39 Å². The van der Waals surface area contributed by atoms with E-state index in [0.29, 0.717) is 6.54 Å². The smallest absolute Gasteiger partial charge is 0.137 e. The second-order valence-electron chi connectivity index (χ2n) is 5.36. The normalized spacial score (nSPS) is 12.1. The lowest BCUT2D eigenvalue weighted by molar-refractivity contribution is 0.234. The number of rotatable bonds is 5. The van der Waals surface area contributed by atoms with Crippen molar-refractivity contribution in [3.63, 3.8) is 0 Å². The van der Waals surface area contributed by atoms with E-state index < -0.39 is 0 Å². The van der Waals surface area contributed by atoms with Crippen LogP contribution in [-0.4, -0.2) is 22.6 Å². The largest absolute Gasteiger partial charge is 0.489 e. The molecular formula is C18H19N3O. The zero-order valence-corrected chi connectivity index (χ0v) is 12.8. The molecule has 1 atom stereocenters. The molecule has 1 N–H and O–H groups in total. The molecule has 0 saturated heterocycles. The predicted molar refractivity (Wildman–Crippen MR) is 89.3 cm³/mol. The van der Waals surface area contributed by atoms with Gasteiger partial charge in [0.25, 0.3) is 0 Å². The van der Waals surface area contributed by atoms with Crippen LogP contribution in [0.1, 0.15) is 12.5 Å². The number of anilines is 1. The van der Waals surface area contributed by atoms with Gasteiger partial charge in [0.2, 0.25) is 0 Å². The third kappa shape index (κ3) is 3.34. The molecule has 0 aliphatic heterocycles. The Bertz CT molecular complexity index is 750. The van der Waals surface area contributed by atoms with E-state index in [1.165, 1.54) is 5.56 Å². The molecule has 0 aliphatic carbocycles. The maximum Gasteiger partial charge on any atom is 0.137 e. The van der Waals surface area contributed by atoms with Crippen LogP contribution in [0.4, 0.5) is 5.82 Å². The molecule has 0 radical (unpaired) electrons. The number of nitrogens with zero attached hydrogens (tertiary/aromatic N) is 2. The van der Waals surface area contributed by atoms with Crippen LogP contribution in [0.5, 0.6) is 5.75 Å². The van der Waals surface area contributed by atoms with Gasteiger partial charge < -0.3 is 10.1 Å². The summed E-state index contributed by atoms with van der Waals surface area (Å²) in [5.74, 6) is 1.72. The number of aromatic nitrogens is 2. The highest BCUT2D eigenvalue weighted by Gasteiger charge is 2.07. The van der Waals surface area contributed by atoms with E-state index in [1.807, 2.05) is 55.5 Å². The molecule has 0 amide bonds. The molecule has 3 rings (SSSR count). The highest BCUT2D eigenvalue weighted by Crippen LogP contribution is 2.19. The number of nitrogens with one attached hydrogen (secondary N) is 1. The fourth-order valence-electron chi connectivity index (χ4n) is 2.28. The first-order chi connectivity index (χ1) is 10.7. The van der Waals surface area contributed by atoms with E-state index in [-0.39, 0.29) is 6.10 Å². The van der Waals surface area contributed by atoms with Gasteiger partial charge in [-0.1, -0.05) is 29.8 Å². The summed E-state index contributed by atoms with van der Waals surface area (Å²) in [6, 6.07) is 16.0. The van der Waals surface area contributed by atoms with Crippen LogP contribution >= 0.6 is 0 Å². The van der Waals surface area contributed by atoms with Crippen molar-refractivity contribution in [2.75, 3.05) is 11.9 Å². The molecule has 4 nitrogen and oxygen atoms in total. The van der Waals surface area contributed by atoms with E-state index in [9.17, 15) is 0 Å². The average Bonchev–Trinajstić information content (AvgIpc) is 2.55. The van der Waals surface area contributed by atoms with E-state index in [1.54, 1.807) is 6.33 Å². The molecule has 0 aliphatic rings. The highest BCUT2D eigenvalue weighted by molar-refractivity contribution is 5.88. The van der Waals surface area contributed by atoms with Crippen LogP contribution in [0.25, 0.3) is 10.9 Å². The Labute approximate surface area is 130 Å². The van der Waals surface area contributed by atoms with Crippen molar-refractivity contribution in [2.45, 2.75) is 20.0 Å². The van der Waals surface area contributed by atoms with E-state index in [4.69, 9.17) is 4.74 Å². The molecule has 0 saturated carbocycles. The van der Waals surface area contributed by atoms with E-state index in [2.05, 4.69) is 22.2 Å². The average molecular weight is 293 g/mol. The van der Waals surface area contributed by atoms with Gasteiger partial charge in [0.15, 0.2) is 0 Å². The zero-order valence-electron chi connectivity index (χ0n) is 12.8. The van der Waals surface area contributed by atoms with Crippen molar-refractivity contribution in [1.29, 1.82) is 0 Å². The Morgan fingerprint density at radius 1 is 1.05 bits per heavy atom. The number of benzene rings is 2. The van der Waals surface area contributed by atoms with E-state index in [0.717, 1.165) is 22.5 Å². The lowest BCUT2D eigenvalue weighted by atomic mass is 10.2. The summed E-state index contributed by atoms with van der Waals surface area (Å²) in [5, 5.41) is 4.36. The number of para-hydroxylation sites is 1. The molecular weight excluding hydrogens is 274 g/mol. The Balaban J connectivity index is 1.65. The molecule has 112 valence electrons. The Hall–Kier alpha value is -2.62. The summed E-state index contributed by atoms with van der Waals surface area (Å²) in [5.41, 5.74) is 2.16. The minimum atomic E-state index is 0.0384. The number of hydrogen-bond donors (Lipinski definition) is 1. The van der Waals surface area contributed by atoms with Crippen LogP contribution in [0.2, 0.25) is 0 Å². The Morgan fingerprint density at radius 3 is 2.64 bits per heavy atom. The fraction of sp³-hybridized carbons (Fsp3) is 0.222. The van der Waals surface area contributed by atoms with Crippen LogP contribution in [0.3, 0.4) is 0 Å². The van der Waals surface area contributed by atoms with Crippen LogP contribution < -0.4 is 10.1 Å². The molecule has 1 aromatic heterocycles. The predicted octanol–water partition coefficient (Wildman–Crippen LogP) is 3.82. The summed E-state index contributed by atoms with van der Waals surface area (Å²) in [6.07, 6.45) is 1.62. The highest BCUT2D eigenvalue weighted by atomic mass is 16.5. The van der Waals surface area contributed by atoms with Gasteiger partial charge in [-0.05, 0) is 38.1 Å². The molecule has 1 heterocycles. The molecule has 4 heteroatoms. The summed E-state index contributed by atoms with van der Waals surface area (Å²) >= 11 is 0. The second kappa shape index (κ2) is 6.43. The standard InChI is InChI=1S/C18H19N3O/c1-13-7-9-15(10-8-13)22-14(2)11-19-18-16-5-3-4-6-17(16)20-12-21-18/h3-10,12,14H,11H2,1-2H3,(H,19,20,21). The van der Waals surface area contributed by atoms with Gasteiger partial charge in [-0.15, -0.1) is 0 Å². The van der Waals surface area contributed by atoms with Crippen LogP contribution in [-0.2, 0) is 0 Å². The van der Waals surface area contributed by atoms with Crippen molar-refractivity contribution in [2.24, 2.45) is 0 Å². The maximum atomic E-state index is 5.90. The second-order valence-corrected chi connectivity index (χ2v) is 5.36. The first-order valence-electron chi connectivity index (χ1n) is 7.39. The number of hydrogen-bond acceptors (Lipinski definition) is 4. The fourth-order valence-corrected chi connectivity index (χ4v) is 2.28. The molecule has 22 heavy (non-hydrogen) atoms. The van der Waals surface area contributed by atoms with Crippen molar-refractivity contribution < 1.29 is 4.74 Å². The maximum absolute atomic E-state index is 5.90. The first-order valence-corrected chi connectivity index (χ1v) is 7.39. The quantitative estimate of drug-likeness (QED) is 0.777. The lowest BCUT2D eigenvalue weighted by Crippen LogP contribution is -2.23. The van der Waals surface area contributed by atoms with Crippen LogP contribution in [0.15, 0.2) is 54.9 Å².